The maximum atomic E-state index is 13.9. The van der Waals surface area contributed by atoms with Gasteiger partial charge in [0.2, 0.25) is 5.91 Å². The Balaban J connectivity index is 1.79. The van der Waals surface area contributed by atoms with Gasteiger partial charge in [-0.1, -0.05) is 47.5 Å². The van der Waals surface area contributed by atoms with Gasteiger partial charge in [-0.3, -0.25) is 4.79 Å². The molecule has 0 saturated carbocycles. The van der Waals surface area contributed by atoms with Crippen molar-refractivity contribution >= 4 is 40.6 Å². The number of nitrogens with zero attached hydrogens (tertiary/aromatic N) is 3. The molecule has 3 aromatic rings. The lowest BCUT2D eigenvalue weighted by atomic mass is 9.83. The van der Waals surface area contributed by atoms with Gasteiger partial charge in [-0.25, -0.2) is 4.98 Å². The fourth-order valence-corrected chi connectivity index (χ4v) is 5.37. The summed E-state index contributed by atoms with van der Waals surface area (Å²) in [6, 6.07) is 15.4. The molecule has 0 bridgehead atoms. The summed E-state index contributed by atoms with van der Waals surface area (Å²) >= 11 is 12.5. The Hall–Kier alpha value is -2.60. The highest BCUT2D eigenvalue weighted by Gasteiger charge is 2.35. The van der Waals surface area contributed by atoms with Crippen molar-refractivity contribution in [3.63, 3.8) is 0 Å². The van der Waals surface area contributed by atoms with Crippen molar-refractivity contribution in [2.45, 2.75) is 45.1 Å². The molecule has 35 heavy (non-hydrogen) atoms. The number of benzene rings is 2. The average molecular weight is 512 g/mol. The topological polar surface area (TPSA) is 56.7 Å². The van der Waals surface area contributed by atoms with E-state index in [2.05, 4.69) is 24.0 Å². The van der Waals surface area contributed by atoms with E-state index < -0.39 is 5.41 Å². The Labute approximate surface area is 217 Å². The summed E-state index contributed by atoms with van der Waals surface area (Å²) in [4.78, 5) is 22.4. The molecule has 1 aromatic heterocycles. The highest BCUT2D eigenvalue weighted by atomic mass is 35.5. The average Bonchev–Trinajstić information content (AvgIpc) is 3.31. The predicted molar refractivity (Wildman–Crippen MR) is 145 cm³/mol. The Bertz CT molecular complexity index is 1220. The molecule has 1 atom stereocenters. The number of carbonyl (C=O) groups is 1. The van der Waals surface area contributed by atoms with E-state index in [1.54, 1.807) is 36.3 Å². The van der Waals surface area contributed by atoms with E-state index in [1.807, 2.05) is 32.0 Å². The van der Waals surface area contributed by atoms with Crippen LogP contribution in [0.15, 0.2) is 54.7 Å². The van der Waals surface area contributed by atoms with Gasteiger partial charge < -0.3 is 14.9 Å². The second-order valence-electron chi connectivity index (χ2n) is 9.69. The molecule has 0 radical (unpaired) electrons. The highest BCUT2D eigenvalue weighted by Crippen LogP contribution is 2.38. The van der Waals surface area contributed by atoms with Gasteiger partial charge in [0, 0.05) is 29.2 Å². The minimum absolute atomic E-state index is 0.0592. The molecule has 1 unspecified atom stereocenters. The van der Waals surface area contributed by atoms with Crippen molar-refractivity contribution < 1.29 is 9.90 Å². The number of hydrogen-bond donors (Lipinski definition) is 1. The van der Waals surface area contributed by atoms with Crippen molar-refractivity contribution in [3.8, 4) is 11.1 Å². The first-order chi connectivity index (χ1) is 16.6. The first-order valence-corrected chi connectivity index (χ1v) is 12.6. The third-order valence-electron chi connectivity index (χ3n) is 6.97. The molecule has 1 aliphatic rings. The summed E-state index contributed by atoms with van der Waals surface area (Å²) < 4.78 is 0. The van der Waals surface area contributed by atoms with Crippen LogP contribution in [0.3, 0.4) is 0 Å². The monoisotopic (exact) mass is 511 g/mol. The van der Waals surface area contributed by atoms with Crippen molar-refractivity contribution in [3.05, 3.63) is 75.9 Å². The van der Waals surface area contributed by atoms with E-state index in [0.29, 0.717) is 15.7 Å². The summed E-state index contributed by atoms with van der Waals surface area (Å²) in [5.41, 5.74) is 3.65. The van der Waals surface area contributed by atoms with Crippen LogP contribution in [0.5, 0.6) is 0 Å². The second kappa shape index (κ2) is 10.2. The maximum Gasteiger partial charge on any atom is 0.236 e. The molecule has 2 heterocycles. The van der Waals surface area contributed by atoms with E-state index in [4.69, 9.17) is 28.2 Å². The Morgan fingerprint density at radius 3 is 2.49 bits per heavy atom. The normalized spacial score (nSPS) is 16.0. The van der Waals surface area contributed by atoms with Gasteiger partial charge in [-0.15, -0.1) is 0 Å². The van der Waals surface area contributed by atoms with Crippen LogP contribution in [0.4, 0.5) is 11.5 Å². The number of likely N-dealkylation sites (N-methyl/N-ethyl adjacent to an activating group) is 1. The van der Waals surface area contributed by atoms with Crippen LogP contribution in [0.2, 0.25) is 10.0 Å². The Morgan fingerprint density at radius 1 is 1.14 bits per heavy atom. The Kier molecular flexibility index (Phi) is 7.41. The largest absolute Gasteiger partial charge is 0.394 e. The van der Waals surface area contributed by atoms with Crippen LogP contribution in [-0.4, -0.2) is 42.2 Å². The van der Waals surface area contributed by atoms with Crippen LogP contribution in [0, 0.1) is 6.92 Å². The van der Waals surface area contributed by atoms with Crippen LogP contribution in [-0.2, 0) is 10.2 Å². The van der Waals surface area contributed by atoms with E-state index in [0.717, 1.165) is 47.5 Å². The maximum absolute atomic E-state index is 13.9. The van der Waals surface area contributed by atoms with Gasteiger partial charge in [0.15, 0.2) is 0 Å². The lowest BCUT2D eigenvalue weighted by Crippen LogP contribution is -2.42. The number of aliphatic hydroxyl groups is 1. The number of hydrogen-bond acceptors (Lipinski definition) is 4. The molecule has 0 aliphatic carbocycles. The van der Waals surface area contributed by atoms with E-state index in [-0.39, 0.29) is 18.6 Å². The molecule has 0 spiro atoms. The van der Waals surface area contributed by atoms with E-state index >= 15 is 0 Å². The first kappa shape index (κ1) is 25.5. The first-order valence-electron chi connectivity index (χ1n) is 11.8. The molecule has 2 aromatic carbocycles. The molecular weight excluding hydrogens is 481 g/mol. The van der Waals surface area contributed by atoms with Crippen LogP contribution >= 0.6 is 23.2 Å². The van der Waals surface area contributed by atoms with Gasteiger partial charge in [0.25, 0.3) is 0 Å². The third kappa shape index (κ3) is 5.04. The van der Waals surface area contributed by atoms with E-state index in [1.165, 1.54) is 0 Å². The SMILES string of the molecule is Cc1ccccc1-c1cc(N2CCCC2CO)ncc1N(C)C(=O)C(C)(C)c1cc(Cl)cc(Cl)c1. The zero-order valence-electron chi connectivity index (χ0n) is 20.6. The van der Waals surface area contributed by atoms with Crippen molar-refractivity contribution in [1.29, 1.82) is 0 Å². The molecular formula is C28H31Cl2N3O2. The lowest BCUT2D eigenvalue weighted by molar-refractivity contribution is -0.122. The molecule has 1 aliphatic heterocycles. The second-order valence-corrected chi connectivity index (χ2v) is 10.6. The van der Waals surface area contributed by atoms with Crippen molar-refractivity contribution in [2.75, 3.05) is 30.0 Å². The smallest absolute Gasteiger partial charge is 0.236 e. The number of pyridine rings is 1. The molecule has 5 nitrogen and oxygen atoms in total. The highest BCUT2D eigenvalue weighted by molar-refractivity contribution is 6.34. The van der Waals surface area contributed by atoms with E-state index in [9.17, 15) is 9.90 Å². The number of aromatic nitrogens is 1. The van der Waals surface area contributed by atoms with Gasteiger partial charge in [-0.05, 0) is 74.6 Å². The standard InChI is InChI=1S/C28H31Cl2N3O2/c1-18-8-5-6-10-23(18)24-15-26(33-11-7-9-22(33)17-34)31-16-25(24)32(4)27(35)28(2,3)19-12-20(29)14-21(30)13-19/h5-6,8,10,12-16,22,34H,7,9,11,17H2,1-4H3. The number of rotatable bonds is 6. The summed E-state index contributed by atoms with van der Waals surface area (Å²) in [7, 11) is 1.78. The number of aryl methyl sites for hydroxylation is 1. The fourth-order valence-electron chi connectivity index (χ4n) is 4.85. The zero-order valence-corrected chi connectivity index (χ0v) is 22.1. The minimum atomic E-state index is -0.873. The quantitative estimate of drug-likeness (QED) is 0.423. The third-order valence-corrected chi connectivity index (χ3v) is 7.41. The molecule has 1 N–H and O–H groups in total. The minimum Gasteiger partial charge on any atom is -0.394 e. The number of amides is 1. The van der Waals surface area contributed by atoms with Crippen LogP contribution in [0.25, 0.3) is 11.1 Å². The summed E-state index contributed by atoms with van der Waals surface area (Å²) in [6.45, 7) is 6.75. The number of anilines is 2. The van der Waals surface area contributed by atoms with Gasteiger partial charge in [0.1, 0.15) is 5.82 Å². The van der Waals surface area contributed by atoms with Crippen molar-refractivity contribution in [1.82, 2.24) is 4.98 Å². The molecule has 7 heteroatoms. The predicted octanol–water partition coefficient (Wildman–Crippen LogP) is 6.27. The molecule has 4 rings (SSSR count). The van der Waals surface area contributed by atoms with Gasteiger partial charge in [0.05, 0.1) is 29.9 Å². The van der Waals surface area contributed by atoms with Gasteiger partial charge >= 0.3 is 0 Å². The number of halogens is 2. The van der Waals surface area contributed by atoms with Crippen LogP contribution < -0.4 is 9.80 Å². The summed E-state index contributed by atoms with van der Waals surface area (Å²) in [5.74, 6) is 0.708. The fraction of sp³-hybridized carbons (Fsp3) is 0.357. The van der Waals surface area contributed by atoms with Gasteiger partial charge in [-0.2, -0.15) is 0 Å². The zero-order chi connectivity index (χ0) is 25.3. The van der Waals surface area contributed by atoms with Crippen molar-refractivity contribution in [2.24, 2.45) is 0 Å². The van der Waals surface area contributed by atoms with Crippen LogP contribution in [0.1, 0.15) is 37.8 Å². The number of carbonyl (C=O) groups excluding carboxylic acids is 1. The lowest BCUT2D eigenvalue weighted by Gasteiger charge is -2.32. The molecule has 1 fully saturated rings. The molecule has 184 valence electrons. The summed E-state index contributed by atoms with van der Waals surface area (Å²) in [5, 5.41) is 10.8. The summed E-state index contributed by atoms with van der Waals surface area (Å²) in [6.07, 6.45) is 3.72. The molecule has 1 amide bonds. The Morgan fingerprint density at radius 2 is 1.83 bits per heavy atom. The number of aliphatic hydroxyl groups excluding tert-OH is 1. The molecule has 1 saturated heterocycles.